The minimum atomic E-state index is -1.18. The lowest BCUT2D eigenvalue weighted by molar-refractivity contribution is 0.153. The molecule has 77 heavy (non-hydrogen) atoms. The number of hydrogen-bond acceptors (Lipinski definition) is 15. The van der Waals surface area contributed by atoms with Crippen LogP contribution >= 0.6 is 34.3 Å². The van der Waals surface area contributed by atoms with E-state index in [1.807, 2.05) is 53.9 Å². The molecule has 2 aliphatic heterocycles. The number of anilines is 3. The lowest BCUT2D eigenvalue weighted by Gasteiger charge is -2.22. The molecule has 408 valence electrons. The Morgan fingerprint density at radius 1 is 0.597 bits per heavy atom. The fraction of sp³-hybridized carbons (Fsp3) is 0.517. The number of nitrogens with two attached hydrogens (primary N) is 1. The van der Waals surface area contributed by atoms with Crippen LogP contribution in [0.4, 0.5) is 16.1 Å². The fourth-order valence-electron chi connectivity index (χ4n) is 10.9. The highest BCUT2D eigenvalue weighted by atomic mass is 35.5. The van der Waals surface area contributed by atoms with Crippen LogP contribution in [0.5, 0.6) is 0 Å². The number of nitrogens with zero attached hydrogens (tertiary/aromatic N) is 13. The van der Waals surface area contributed by atoms with Crippen molar-refractivity contribution >= 4 is 80.5 Å². The summed E-state index contributed by atoms with van der Waals surface area (Å²) >= 11 is 9.42. The maximum atomic E-state index is 6.25. The summed E-state index contributed by atoms with van der Waals surface area (Å²) in [5, 5.41) is 11.3. The number of hydrogen-bond donors (Lipinski definition) is 1. The van der Waals surface area contributed by atoms with E-state index in [2.05, 4.69) is 94.9 Å². The lowest BCUT2D eigenvalue weighted by Crippen LogP contribution is -2.26. The van der Waals surface area contributed by atoms with Gasteiger partial charge in [0.15, 0.2) is 10.3 Å². The number of nitrogen functional groups attached to an aromatic ring is 1. The molecule has 12 rings (SSSR count). The van der Waals surface area contributed by atoms with Crippen molar-refractivity contribution in [1.29, 1.82) is 0 Å². The SMILES string of the molecule is C[Si](C)(C)CCOCN(c1ccc2ncc(-c3cnn(CCCN4CCCC4)c3)cc2n1)c1ncc(C2CCCC2)s1.Clc1ccc2ncc(-c3cnn(CCCN4CCCC4)c3)cc2n1.Nc1ncc(C2CCCC2)s1. The first-order valence-corrected chi connectivity index (χ1v) is 34.0. The van der Waals surface area contributed by atoms with E-state index in [0.717, 1.165) is 113 Å². The van der Waals surface area contributed by atoms with Gasteiger partial charge in [0, 0.05) is 97.0 Å². The van der Waals surface area contributed by atoms with Crippen LogP contribution in [0.2, 0.25) is 30.8 Å². The smallest absolute Gasteiger partial charge is 0.193 e. The van der Waals surface area contributed by atoms with E-state index in [4.69, 9.17) is 37.0 Å². The van der Waals surface area contributed by atoms with Gasteiger partial charge in [0.2, 0.25) is 0 Å². The minimum Gasteiger partial charge on any atom is -0.375 e. The predicted octanol–water partition coefficient (Wildman–Crippen LogP) is 13.6. The number of aromatic nitrogens is 10. The molecule has 4 aliphatic rings. The molecule has 2 aliphatic carbocycles. The second kappa shape index (κ2) is 26.6. The largest absolute Gasteiger partial charge is 0.375 e. The molecular weight excluding hydrogens is 1040 g/mol. The quantitative estimate of drug-likeness (QED) is 0.0353. The summed E-state index contributed by atoms with van der Waals surface area (Å²) in [6, 6.07) is 13.0. The normalized spacial score (nSPS) is 16.6. The first-order chi connectivity index (χ1) is 37.5. The zero-order valence-electron chi connectivity index (χ0n) is 45.4. The Hall–Kier alpha value is -5.21. The molecule has 0 radical (unpaired) electrons. The number of ether oxygens (including phenoxy) is 1. The fourth-order valence-corrected chi connectivity index (χ4v) is 13.7. The van der Waals surface area contributed by atoms with Gasteiger partial charge < -0.3 is 20.3 Å². The van der Waals surface area contributed by atoms with E-state index in [0.29, 0.717) is 22.9 Å². The first-order valence-electron chi connectivity index (χ1n) is 28.3. The number of fused-ring (bicyclic) bond motifs is 2. The highest BCUT2D eigenvalue weighted by molar-refractivity contribution is 7.16. The molecule has 10 heterocycles. The molecule has 8 aromatic rings. The molecule has 19 heteroatoms. The van der Waals surface area contributed by atoms with Gasteiger partial charge in [0.05, 0.1) is 34.5 Å². The molecule has 0 atom stereocenters. The molecule has 0 unspecified atom stereocenters. The van der Waals surface area contributed by atoms with Gasteiger partial charge in [-0.25, -0.2) is 19.9 Å². The number of halogens is 1. The third-order valence-corrected chi connectivity index (χ3v) is 19.5. The standard InChI is InChI=1S/C32H45N7OSSi.C18H20ClN5.C8H12N2S/c1-42(2,3)18-17-40-24-39(32-34-22-30(41-32)25-9-4-5-10-25)31-12-11-28-29(36-31)19-26(20-33-28)27-21-35-38(23-27)16-8-15-37-13-6-7-14-37;19-18-5-4-16-17(22-18)10-14(11-20-16)15-12-21-24(13-15)9-3-8-23-6-1-2-7-23;9-8-10-5-7(11-8)6-3-1-2-4-6/h11-12,19-23,25H,4-10,13-18,24H2,1-3H3;4-5,10-13H,1-3,6-9H2;5-6H,1-4H2,(H2,9,10). The Morgan fingerprint density at radius 3 is 1.68 bits per heavy atom. The summed E-state index contributed by atoms with van der Waals surface area (Å²) in [7, 11) is -1.18. The molecule has 2 N–H and O–H groups in total. The predicted molar refractivity (Wildman–Crippen MR) is 319 cm³/mol. The van der Waals surface area contributed by atoms with Crippen molar-refractivity contribution in [3.05, 3.63) is 101 Å². The zero-order chi connectivity index (χ0) is 53.0. The van der Waals surface area contributed by atoms with Gasteiger partial charge in [0.25, 0.3) is 0 Å². The maximum absolute atomic E-state index is 6.25. The number of aryl methyl sites for hydroxylation is 2. The van der Waals surface area contributed by atoms with Crippen molar-refractivity contribution in [2.45, 2.75) is 141 Å². The average Bonchev–Trinajstić information content (AvgIpc) is 4.29. The van der Waals surface area contributed by atoms with Gasteiger partial charge in [-0.05, 0) is 158 Å². The monoisotopic (exact) mass is 1110 g/mol. The summed E-state index contributed by atoms with van der Waals surface area (Å²) in [5.74, 6) is 2.26. The summed E-state index contributed by atoms with van der Waals surface area (Å²) in [6.45, 7) is 17.5. The Balaban J connectivity index is 0.000000159. The van der Waals surface area contributed by atoms with Crippen molar-refractivity contribution in [2.24, 2.45) is 0 Å². The van der Waals surface area contributed by atoms with Gasteiger partial charge in [0.1, 0.15) is 17.7 Å². The summed E-state index contributed by atoms with van der Waals surface area (Å²) < 4.78 is 10.3. The van der Waals surface area contributed by atoms with E-state index in [1.54, 1.807) is 28.7 Å². The Kier molecular flexibility index (Phi) is 19.1. The Bertz CT molecular complexity index is 3110. The highest BCUT2D eigenvalue weighted by Gasteiger charge is 2.24. The van der Waals surface area contributed by atoms with E-state index >= 15 is 0 Å². The van der Waals surface area contributed by atoms with Crippen LogP contribution in [0.25, 0.3) is 44.3 Å². The van der Waals surface area contributed by atoms with E-state index in [1.165, 1.54) is 113 Å². The molecule has 15 nitrogen and oxygen atoms in total. The number of likely N-dealkylation sites (tertiary alicyclic amines) is 2. The van der Waals surface area contributed by atoms with Gasteiger partial charge >= 0.3 is 0 Å². The van der Waals surface area contributed by atoms with Crippen LogP contribution < -0.4 is 10.6 Å². The van der Waals surface area contributed by atoms with Crippen LogP contribution in [0.3, 0.4) is 0 Å². The van der Waals surface area contributed by atoms with Gasteiger partial charge in [-0.3, -0.25) is 24.2 Å². The Morgan fingerprint density at radius 2 is 1.13 bits per heavy atom. The van der Waals surface area contributed by atoms with Crippen molar-refractivity contribution in [1.82, 2.24) is 59.3 Å². The van der Waals surface area contributed by atoms with Crippen LogP contribution in [0, 0.1) is 0 Å². The van der Waals surface area contributed by atoms with Gasteiger partial charge in [-0.1, -0.05) is 56.9 Å². The van der Waals surface area contributed by atoms with E-state index < -0.39 is 8.07 Å². The minimum absolute atomic E-state index is 0.442. The summed E-state index contributed by atoms with van der Waals surface area (Å²) in [6.07, 6.45) is 34.1. The van der Waals surface area contributed by atoms with Crippen molar-refractivity contribution in [2.75, 3.05) is 63.2 Å². The zero-order valence-corrected chi connectivity index (χ0v) is 48.8. The summed E-state index contributed by atoms with van der Waals surface area (Å²) in [5.41, 5.74) is 13.1. The lowest BCUT2D eigenvalue weighted by atomic mass is 10.1. The molecule has 0 spiro atoms. The van der Waals surface area contributed by atoms with Gasteiger partial charge in [-0.2, -0.15) is 10.2 Å². The molecule has 0 aromatic carbocycles. The molecule has 0 bridgehead atoms. The maximum Gasteiger partial charge on any atom is 0.193 e. The topological polar surface area (TPSA) is 158 Å². The van der Waals surface area contributed by atoms with Crippen LogP contribution in [0.15, 0.2) is 86.0 Å². The number of thiazole rings is 2. The van der Waals surface area contributed by atoms with Gasteiger partial charge in [-0.15, -0.1) is 22.7 Å². The third kappa shape index (κ3) is 15.5. The molecule has 2 saturated carbocycles. The summed E-state index contributed by atoms with van der Waals surface area (Å²) in [4.78, 5) is 37.6. The first kappa shape index (κ1) is 55.1. The second-order valence-electron chi connectivity index (χ2n) is 22.5. The molecule has 4 fully saturated rings. The van der Waals surface area contributed by atoms with Crippen molar-refractivity contribution in [3.8, 4) is 22.3 Å². The van der Waals surface area contributed by atoms with E-state index in [9.17, 15) is 0 Å². The highest BCUT2D eigenvalue weighted by Crippen LogP contribution is 2.41. The van der Waals surface area contributed by atoms with Crippen LogP contribution in [-0.4, -0.2) is 120 Å². The second-order valence-corrected chi connectivity index (χ2v) is 30.6. The number of rotatable bonds is 19. The van der Waals surface area contributed by atoms with Crippen molar-refractivity contribution in [3.63, 3.8) is 0 Å². The Labute approximate surface area is 468 Å². The molecule has 2 saturated heterocycles. The van der Waals surface area contributed by atoms with Crippen LogP contribution in [0.1, 0.15) is 111 Å². The molecule has 0 amide bonds. The van der Waals surface area contributed by atoms with Crippen molar-refractivity contribution < 1.29 is 4.74 Å². The number of pyridine rings is 4. The molecule has 8 aromatic heterocycles. The van der Waals surface area contributed by atoms with Crippen LogP contribution in [-0.2, 0) is 17.8 Å². The molecular formula is C58H77ClN14OS2Si. The third-order valence-electron chi connectivity index (χ3n) is 15.4. The average molecular weight is 1110 g/mol. The van der Waals surface area contributed by atoms with E-state index in [-0.39, 0.29) is 0 Å².